The summed E-state index contributed by atoms with van der Waals surface area (Å²) in [5.74, 6) is 0.579. The topological polar surface area (TPSA) is 55.5 Å². The van der Waals surface area contributed by atoms with Crippen molar-refractivity contribution in [3.63, 3.8) is 0 Å². The molecule has 0 unspecified atom stereocenters. The molecule has 0 aliphatic carbocycles. The maximum Gasteiger partial charge on any atom is 0.172 e. The molecule has 1 aromatic carbocycles. The number of phenols is 1. The summed E-state index contributed by atoms with van der Waals surface area (Å²) in [5.41, 5.74) is 6.60. The van der Waals surface area contributed by atoms with Crippen molar-refractivity contribution >= 4 is 15.9 Å². The van der Waals surface area contributed by atoms with Gasteiger partial charge in [-0.1, -0.05) is 13.8 Å². The molecule has 0 heterocycles. The fraction of sp³-hybridized carbons (Fsp3) is 0.455. The van der Waals surface area contributed by atoms with E-state index in [4.69, 9.17) is 10.5 Å². The summed E-state index contributed by atoms with van der Waals surface area (Å²) in [6.07, 6.45) is 0. The van der Waals surface area contributed by atoms with Gasteiger partial charge in [-0.15, -0.1) is 0 Å². The molecule has 0 bridgehead atoms. The molecule has 84 valence electrons. The van der Waals surface area contributed by atoms with Crippen LogP contribution >= 0.6 is 15.9 Å². The molecule has 1 aromatic rings. The number of methoxy groups -OCH3 is 1. The van der Waals surface area contributed by atoms with Gasteiger partial charge >= 0.3 is 0 Å². The van der Waals surface area contributed by atoms with Crippen LogP contribution in [0.3, 0.4) is 0 Å². The van der Waals surface area contributed by atoms with Crippen molar-refractivity contribution in [1.82, 2.24) is 0 Å². The SMILES string of the molecule is COc1cc(C(C)(C)CN)cc(Br)c1O. The Morgan fingerprint density at radius 2 is 2.07 bits per heavy atom. The molecular formula is C11H16BrNO2. The molecule has 0 aromatic heterocycles. The summed E-state index contributed by atoms with van der Waals surface area (Å²) < 4.78 is 5.71. The molecule has 0 amide bonds. The van der Waals surface area contributed by atoms with Crippen molar-refractivity contribution in [3.05, 3.63) is 22.2 Å². The average Bonchev–Trinajstić information content (AvgIpc) is 2.21. The zero-order valence-electron chi connectivity index (χ0n) is 9.17. The highest BCUT2D eigenvalue weighted by molar-refractivity contribution is 9.10. The normalized spacial score (nSPS) is 11.5. The quantitative estimate of drug-likeness (QED) is 0.889. The second-order valence-corrected chi connectivity index (χ2v) is 4.95. The van der Waals surface area contributed by atoms with Gasteiger partial charge in [-0.25, -0.2) is 0 Å². The van der Waals surface area contributed by atoms with E-state index in [9.17, 15) is 5.11 Å². The fourth-order valence-electron chi connectivity index (χ4n) is 1.24. The minimum Gasteiger partial charge on any atom is -0.503 e. The average molecular weight is 274 g/mol. The van der Waals surface area contributed by atoms with Crippen molar-refractivity contribution < 1.29 is 9.84 Å². The molecular weight excluding hydrogens is 258 g/mol. The van der Waals surface area contributed by atoms with Crippen LogP contribution < -0.4 is 10.5 Å². The molecule has 0 aliphatic heterocycles. The summed E-state index contributed by atoms with van der Waals surface area (Å²) in [7, 11) is 1.53. The number of benzene rings is 1. The fourth-order valence-corrected chi connectivity index (χ4v) is 1.68. The van der Waals surface area contributed by atoms with Crippen molar-refractivity contribution in [2.24, 2.45) is 5.73 Å². The van der Waals surface area contributed by atoms with Gasteiger partial charge in [0.1, 0.15) is 0 Å². The Bertz CT molecular complexity index is 364. The molecule has 15 heavy (non-hydrogen) atoms. The Kier molecular flexibility index (Phi) is 3.62. The molecule has 3 N–H and O–H groups in total. The third-order valence-corrected chi connectivity index (χ3v) is 3.14. The molecule has 0 aliphatic rings. The van der Waals surface area contributed by atoms with Gasteiger partial charge in [0.15, 0.2) is 11.5 Å². The number of rotatable bonds is 3. The summed E-state index contributed by atoms with van der Waals surface area (Å²) in [5, 5.41) is 9.66. The Morgan fingerprint density at radius 1 is 1.47 bits per heavy atom. The predicted octanol–water partition coefficient (Wildman–Crippen LogP) is 2.40. The van der Waals surface area contributed by atoms with Crippen LogP contribution in [-0.2, 0) is 5.41 Å². The van der Waals surface area contributed by atoms with E-state index in [1.54, 1.807) is 0 Å². The van der Waals surface area contributed by atoms with Gasteiger partial charge in [-0.05, 0) is 33.6 Å². The third-order valence-electron chi connectivity index (χ3n) is 2.54. The van der Waals surface area contributed by atoms with E-state index < -0.39 is 0 Å². The first kappa shape index (κ1) is 12.3. The standard InChI is InChI=1S/C11H16BrNO2/c1-11(2,6-13)7-4-8(12)10(14)9(5-7)15-3/h4-5,14H,6,13H2,1-3H3. The molecule has 0 atom stereocenters. The largest absolute Gasteiger partial charge is 0.503 e. The second kappa shape index (κ2) is 4.41. The first-order valence-corrected chi connectivity index (χ1v) is 5.48. The maximum atomic E-state index is 9.66. The smallest absolute Gasteiger partial charge is 0.172 e. The van der Waals surface area contributed by atoms with E-state index in [-0.39, 0.29) is 11.2 Å². The molecule has 4 heteroatoms. The Morgan fingerprint density at radius 3 is 2.53 bits per heavy atom. The second-order valence-electron chi connectivity index (χ2n) is 4.10. The maximum absolute atomic E-state index is 9.66. The molecule has 0 radical (unpaired) electrons. The number of hydrogen-bond donors (Lipinski definition) is 2. The van der Waals surface area contributed by atoms with Gasteiger partial charge in [0.05, 0.1) is 11.6 Å². The van der Waals surface area contributed by atoms with Crippen molar-refractivity contribution in [2.75, 3.05) is 13.7 Å². The summed E-state index contributed by atoms with van der Waals surface area (Å²) >= 11 is 3.29. The minimum atomic E-state index is -0.135. The lowest BCUT2D eigenvalue weighted by Crippen LogP contribution is -2.28. The van der Waals surface area contributed by atoms with E-state index in [1.807, 2.05) is 26.0 Å². The van der Waals surface area contributed by atoms with Gasteiger partial charge in [-0.3, -0.25) is 0 Å². The number of hydrogen-bond acceptors (Lipinski definition) is 3. The van der Waals surface area contributed by atoms with Crippen LogP contribution in [0.2, 0.25) is 0 Å². The summed E-state index contributed by atoms with van der Waals surface area (Å²) in [6, 6.07) is 3.68. The van der Waals surface area contributed by atoms with Crippen molar-refractivity contribution in [1.29, 1.82) is 0 Å². The van der Waals surface area contributed by atoms with E-state index >= 15 is 0 Å². The first-order chi connectivity index (χ1) is 6.92. The highest BCUT2D eigenvalue weighted by Gasteiger charge is 2.21. The zero-order chi connectivity index (χ0) is 11.6. The Hall–Kier alpha value is -0.740. The molecule has 0 saturated carbocycles. The van der Waals surface area contributed by atoms with E-state index in [0.29, 0.717) is 16.8 Å². The van der Waals surface area contributed by atoms with E-state index in [1.165, 1.54) is 7.11 Å². The third kappa shape index (κ3) is 2.44. The number of nitrogens with two attached hydrogens (primary N) is 1. The van der Waals surface area contributed by atoms with Crippen LogP contribution in [0.15, 0.2) is 16.6 Å². The van der Waals surface area contributed by atoms with Crippen LogP contribution in [0.25, 0.3) is 0 Å². The zero-order valence-corrected chi connectivity index (χ0v) is 10.8. The number of aromatic hydroxyl groups is 1. The van der Waals surface area contributed by atoms with Crippen LogP contribution in [0.5, 0.6) is 11.5 Å². The van der Waals surface area contributed by atoms with E-state index in [2.05, 4.69) is 15.9 Å². The van der Waals surface area contributed by atoms with Gasteiger partial charge in [0, 0.05) is 12.0 Å². The van der Waals surface area contributed by atoms with Crippen LogP contribution in [0, 0.1) is 0 Å². The van der Waals surface area contributed by atoms with Crippen molar-refractivity contribution in [2.45, 2.75) is 19.3 Å². The molecule has 3 nitrogen and oxygen atoms in total. The van der Waals surface area contributed by atoms with E-state index in [0.717, 1.165) is 5.56 Å². The summed E-state index contributed by atoms with van der Waals surface area (Å²) in [6.45, 7) is 4.63. The molecule has 0 spiro atoms. The molecule has 0 saturated heterocycles. The lowest BCUT2D eigenvalue weighted by atomic mass is 9.85. The Balaban J connectivity index is 3.28. The van der Waals surface area contributed by atoms with Crippen molar-refractivity contribution in [3.8, 4) is 11.5 Å². The van der Waals surface area contributed by atoms with Gasteiger partial charge in [0.25, 0.3) is 0 Å². The van der Waals surface area contributed by atoms with Crippen LogP contribution in [0.4, 0.5) is 0 Å². The first-order valence-electron chi connectivity index (χ1n) is 4.69. The van der Waals surface area contributed by atoms with Gasteiger partial charge < -0.3 is 15.6 Å². The Labute approximate surface area is 98.4 Å². The van der Waals surface area contributed by atoms with Gasteiger partial charge in [0.2, 0.25) is 0 Å². The highest BCUT2D eigenvalue weighted by Crippen LogP contribution is 2.38. The predicted molar refractivity (Wildman–Crippen MR) is 64.4 cm³/mol. The van der Waals surface area contributed by atoms with Crippen LogP contribution in [-0.4, -0.2) is 18.8 Å². The summed E-state index contributed by atoms with van der Waals surface area (Å²) in [4.78, 5) is 0. The number of phenolic OH excluding ortho intramolecular Hbond substituents is 1. The lowest BCUT2D eigenvalue weighted by molar-refractivity contribution is 0.369. The minimum absolute atomic E-state index is 0.120. The van der Waals surface area contributed by atoms with Crippen LogP contribution in [0.1, 0.15) is 19.4 Å². The monoisotopic (exact) mass is 273 g/mol. The molecule has 0 fully saturated rings. The molecule has 1 rings (SSSR count). The van der Waals surface area contributed by atoms with Gasteiger partial charge in [-0.2, -0.15) is 0 Å². The number of halogens is 1. The highest BCUT2D eigenvalue weighted by atomic mass is 79.9. The lowest BCUT2D eigenvalue weighted by Gasteiger charge is -2.24. The number of ether oxygens (including phenoxy) is 1.